The molecule has 76 valence electrons. The number of rotatable bonds is 2. The van der Waals surface area contributed by atoms with Gasteiger partial charge >= 0.3 is 0 Å². The van der Waals surface area contributed by atoms with Gasteiger partial charge in [0.15, 0.2) is 0 Å². The molecule has 1 aliphatic rings. The number of nitrogens with one attached hydrogen (secondary N) is 1. The summed E-state index contributed by atoms with van der Waals surface area (Å²) in [5.74, 6) is 0.629. The average Bonchev–Trinajstić information content (AvgIpc) is 2.18. The monoisotopic (exact) mass is 265 g/mol. The van der Waals surface area contributed by atoms with Crippen molar-refractivity contribution < 1.29 is 4.79 Å². The van der Waals surface area contributed by atoms with Crippen LogP contribution in [0.4, 0.5) is 4.79 Å². The van der Waals surface area contributed by atoms with Gasteiger partial charge in [-0.2, -0.15) is 0 Å². The molecule has 2 nitrogen and oxygen atoms in total. The zero-order valence-electron chi connectivity index (χ0n) is 7.88. The minimum absolute atomic E-state index is 0.109. The normalized spacial score (nSPS) is 28.5. The first kappa shape index (κ1) is 11.4. The lowest BCUT2D eigenvalue weighted by molar-refractivity contribution is 0.242. The smallest absolute Gasteiger partial charge is 0.279 e. The summed E-state index contributed by atoms with van der Waals surface area (Å²) in [7, 11) is 0. The molecule has 0 bridgehead atoms. The molecule has 0 aromatic carbocycles. The van der Waals surface area contributed by atoms with Crippen LogP contribution in [0.15, 0.2) is 0 Å². The Labute approximate surface area is 92.4 Å². The van der Waals surface area contributed by atoms with Crippen molar-refractivity contribution >= 4 is 32.9 Å². The van der Waals surface area contributed by atoms with Crippen LogP contribution in [-0.2, 0) is 0 Å². The molecule has 13 heavy (non-hydrogen) atoms. The van der Waals surface area contributed by atoms with E-state index in [1.165, 1.54) is 31.0 Å². The van der Waals surface area contributed by atoms with E-state index in [9.17, 15) is 4.79 Å². The molecule has 0 aromatic rings. The fraction of sp³-hybridized carbons (Fsp3) is 0.889. The van der Waals surface area contributed by atoms with E-state index in [4.69, 9.17) is 0 Å². The highest BCUT2D eigenvalue weighted by atomic mass is 79.9. The Morgan fingerprint density at radius 2 is 2.23 bits per heavy atom. The van der Waals surface area contributed by atoms with Gasteiger partial charge < -0.3 is 5.32 Å². The van der Waals surface area contributed by atoms with Gasteiger partial charge in [-0.3, -0.25) is 4.79 Å². The summed E-state index contributed by atoms with van der Waals surface area (Å²) in [6.45, 7) is 0. The first-order valence-corrected chi connectivity index (χ1v) is 7.03. The molecule has 4 heteroatoms. The molecule has 1 rings (SSSR count). The number of hydrogen-bond acceptors (Lipinski definition) is 2. The molecule has 2 atom stereocenters. The quantitative estimate of drug-likeness (QED) is 0.778. The molecule has 1 aliphatic carbocycles. The second-order valence-electron chi connectivity index (χ2n) is 3.44. The highest BCUT2D eigenvalue weighted by molar-refractivity contribution is 9.09. The topological polar surface area (TPSA) is 29.1 Å². The summed E-state index contributed by atoms with van der Waals surface area (Å²) >= 11 is 4.77. The standard InChI is InChI=1S/C9H16BrNOS/c1-13-9(12)11-8-5-3-2-4-7(8)6-10/h7-8H,2-6H2,1H3,(H,11,12)/t7-,8-/m0/s1. The van der Waals surface area contributed by atoms with Crippen molar-refractivity contribution in [2.45, 2.75) is 31.7 Å². The van der Waals surface area contributed by atoms with Crippen LogP contribution in [0, 0.1) is 5.92 Å². The predicted octanol–water partition coefficient (Wildman–Crippen LogP) is 3.01. The second-order valence-corrected chi connectivity index (χ2v) is 4.87. The Balaban J connectivity index is 2.40. The van der Waals surface area contributed by atoms with Crippen molar-refractivity contribution in [3.63, 3.8) is 0 Å². The molecule has 0 radical (unpaired) electrons. The van der Waals surface area contributed by atoms with Crippen LogP contribution in [0.3, 0.4) is 0 Å². The van der Waals surface area contributed by atoms with Crippen LogP contribution >= 0.6 is 27.7 Å². The minimum atomic E-state index is 0.109. The second kappa shape index (κ2) is 5.91. The zero-order chi connectivity index (χ0) is 9.68. The van der Waals surface area contributed by atoms with Gasteiger partial charge in [0.1, 0.15) is 0 Å². The highest BCUT2D eigenvalue weighted by Crippen LogP contribution is 2.26. The molecular formula is C9H16BrNOS. The molecule has 1 saturated carbocycles. The summed E-state index contributed by atoms with van der Waals surface area (Å²) in [5, 5.41) is 4.18. The van der Waals surface area contributed by atoms with Gasteiger partial charge in [-0.05, 0) is 25.0 Å². The molecule has 0 saturated heterocycles. The van der Waals surface area contributed by atoms with E-state index in [-0.39, 0.29) is 5.24 Å². The van der Waals surface area contributed by atoms with E-state index in [2.05, 4.69) is 21.2 Å². The molecule has 0 unspecified atom stereocenters. The van der Waals surface area contributed by atoms with Crippen LogP contribution < -0.4 is 5.32 Å². The van der Waals surface area contributed by atoms with Crippen molar-refractivity contribution in [3.05, 3.63) is 0 Å². The summed E-state index contributed by atoms with van der Waals surface area (Å²) < 4.78 is 0. The van der Waals surface area contributed by atoms with Gasteiger partial charge in [-0.15, -0.1) is 0 Å². The van der Waals surface area contributed by atoms with Crippen molar-refractivity contribution in [2.75, 3.05) is 11.6 Å². The Hall–Kier alpha value is 0.300. The van der Waals surface area contributed by atoms with Crippen molar-refractivity contribution in [2.24, 2.45) is 5.92 Å². The van der Waals surface area contributed by atoms with Crippen LogP contribution in [0.2, 0.25) is 0 Å². The summed E-state index contributed by atoms with van der Waals surface area (Å²) in [4.78, 5) is 11.2. The number of carbonyl (C=O) groups excluding carboxylic acids is 1. The maximum Gasteiger partial charge on any atom is 0.279 e. The van der Waals surface area contributed by atoms with E-state index in [0.717, 1.165) is 11.8 Å². The SMILES string of the molecule is CSC(=O)N[C@H]1CCCC[C@H]1CBr. The molecule has 0 aliphatic heterocycles. The Bertz CT molecular complexity index is 177. The van der Waals surface area contributed by atoms with Gasteiger partial charge in [0.25, 0.3) is 5.24 Å². The van der Waals surface area contributed by atoms with E-state index in [1.807, 2.05) is 6.26 Å². The van der Waals surface area contributed by atoms with Crippen molar-refractivity contribution in [1.82, 2.24) is 5.32 Å². The lowest BCUT2D eigenvalue weighted by atomic mass is 9.86. The zero-order valence-corrected chi connectivity index (χ0v) is 10.3. The van der Waals surface area contributed by atoms with Crippen molar-refractivity contribution in [3.8, 4) is 0 Å². The van der Waals surface area contributed by atoms with Crippen LogP contribution in [0.25, 0.3) is 0 Å². The summed E-state index contributed by atoms with van der Waals surface area (Å²) in [6.07, 6.45) is 6.76. The molecular weight excluding hydrogens is 250 g/mol. The number of alkyl halides is 1. The fourth-order valence-electron chi connectivity index (χ4n) is 1.79. The maximum atomic E-state index is 11.2. The lowest BCUT2D eigenvalue weighted by Crippen LogP contribution is -2.41. The number of amides is 1. The number of halogens is 1. The number of thioether (sulfide) groups is 1. The van der Waals surface area contributed by atoms with Crippen molar-refractivity contribution in [1.29, 1.82) is 0 Å². The Kier molecular flexibility index (Phi) is 5.17. The predicted molar refractivity (Wildman–Crippen MR) is 61.6 cm³/mol. The largest absolute Gasteiger partial charge is 0.344 e. The van der Waals surface area contributed by atoms with E-state index in [0.29, 0.717) is 12.0 Å². The van der Waals surface area contributed by atoms with E-state index < -0.39 is 0 Å². The summed E-state index contributed by atoms with van der Waals surface area (Å²) in [5.41, 5.74) is 0. The van der Waals surface area contributed by atoms with E-state index in [1.54, 1.807) is 0 Å². The third-order valence-corrected chi connectivity index (χ3v) is 3.92. The first-order chi connectivity index (χ1) is 6.27. The molecule has 0 aromatic heterocycles. The third-order valence-electron chi connectivity index (χ3n) is 2.60. The van der Waals surface area contributed by atoms with Gasteiger partial charge in [0.05, 0.1) is 0 Å². The van der Waals surface area contributed by atoms with Crippen LogP contribution in [0.1, 0.15) is 25.7 Å². The van der Waals surface area contributed by atoms with Crippen LogP contribution in [0.5, 0.6) is 0 Å². The third kappa shape index (κ3) is 3.50. The highest BCUT2D eigenvalue weighted by Gasteiger charge is 2.24. The molecule has 0 heterocycles. The van der Waals surface area contributed by atoms with Gasteiger partial charge in [-0.1, -0.05) is 40.5 Å². The molecule has 1 amide bonds. The van der Waals surface area contributed by atoms with Crippen LogP contribution in [-0.4, -0.2) is 22.9 Å². The first-order valence-electron chi connectivity index (χ1n) is 4.68. The van der Waals surface area contributed by atoms with Gasteiger partial charge in [-0.25, -0.2) is 0 Å². The van der Waals surface area contributed by atoms with Gasteiger partial charge in [0, 0.05) is 11.4 Å². The minimum Gasteiger partial charge on any atom is -0.344 e. The molecule has 1 fully saturated rings. The summed E-state index contributed by atoms with van der Waals surface area (Å²) in [6, 6.07) is 0.396. The number of hydrogen-bond donors (Lipinski definition) is 1. The fourth-order valence-corrected chi connectivity index (χ4v) is 2.84. The van der Waals surface area contributed by atoms with Gasteiger partial charge in [0.2, 0.25) is 0 Å². The lowest BCUT2D eigenvalue weighted by Gasteiger charge is -2.30. The molecule has 0 spiro atoms. The average molecular weight is 266 g/mol. The number of carbonyl (C=O) groups is 1. The molecule has 1 N–H and O–H groups in total. The Morgan fingerprint density at radius 3 is 2.85 bits per heavy atom. The maximum absolute atomic E-state index is 11.2. The van der Waals surface area contributed by atoms with E-state index >= 15 is 0 Å². The Morgan fingerprint density at radius 1 is 1.54 bits per heavy atom.